The lowest BCUT2D eigenvalue weighted by Crippen LogP contribution is -2.41. The predicted octanol–water partition coefficient (Wildman–Crippen LogP) is 3.34. The van der Waals surface area contributed by atoms with Gasteiger partial charge in [-0.25, -0.2) is 0 Å². The minimum atomic E-state index is 0.0125. The first-order chi connectivity index (χ1) is 15.5. The van der Waals surface area contributed by atoms with Crippen LogP contribution in [-0.2, 0) is 20.8 Å². The Morgan fingerprint density at radius 1 is 1.06 bits per heavy atom. The summed E-state index contributed by atoms with van der Waals surface area (Å²) in [4.78, 5) is 17.1. The van der Waals surface area contributed by atoms with Gasteiger partial charge in [0.1, 0.15) is 12.4 Å². The fourth-order valence-electron chi connectivity index (χ4n) is 4.51. The average Bonchev–Trinajstić information content (AvgIpc) is 3.19. The fraction of sp³-hybridized carbons (Fsp3) is 0.500. The highest BCUT2D eigenvalue weighted by atomic mass is 16.5. The molecule has 6 heteroatoms. The number of hydrogen-bond acceptors (Lipinski definition) is 5. The molecule has 0 N–H and O–H groups in total. The van der Waals surface area contributed by atoms with Crippen molar-refractivity contribution in [2.24, 2.45) is 5.92 Å². The van der Waals surface area contributed by atoms with Gasteiger partial charge in [-0.05, 0) is 36.1 Å². The monoisotopic (exact) mass is 440 g/mol. The van der Waals surface area contributed by atoms with E-state index in [0.717, 1.165) is 25.4 Å². The summed E-state index contributed by atoms with van der Waals surface area (Å²) in [5.74, 6) is 1.59. The van der Waals surface area contributed by atoms with E-state index in [1.807, 2.05) is 17.0 Å². The molecule has 0 aliphatic carbocycles. The number of likely N-dealkylation sites (tertiary alicyclic amines) is 1. The predicted molar refractivity (Wildman–Crippen MR) is 126 cm³/mol. The molecule has 2 aromatic carbocycles. The van der Waals surface area contributed by atoms with Gasteiger partial charge < -0.3 is 19.1 Å². The van der Waals surface area contributed by atoms with E-state index in [1.54, 1.807) is 21.3 Å². The van der Waals surface area contributed by atoms with Crippen LogP contribution in [0.2, 0.25) is 0 Å². The number of hydrogen-bond donors (Lipinski definition) is 0. The number of nitrogens with zero attached hydrogens (tertiary/aromatic N) is 2. The number of rotatable bonds is 11. The maximum absolute atomic E-state index is 12.7. The number of benzene rings is 2. The minimum absolute atomic E-state index is 0.0125. The van der Waals surface area contributed by atoms with Crippen molar-refractivity contribution in [2.75, 3.05) is 60.7 Å². The highest BCUT2D eigenvalue weighted by Crippen LogP contribution is 2.34. The maximum atomic E-state index is 12.7. The zero-order chi connectivity index (χ0) is 22.9. The summed E-state index contributed by atoms with van der Waals surface area (Å²) >= 11 is 0. The summed E-state index contributed by atoms with van der Waals surface area (Å²) in [6.07, 6.45) is 0. The number of methoxy groups -OCH3 is 3. The molecule has 0 saturated carbocycles. The van der Waals surface area contributed by atoms with Crippen molar-refractivity contribution in [3.63, 3.8) is 0 Å². The highest BCUT2D eigenvalue weighted by Gasteiger charge is 2.35. The second kappa shape index (κ2) is 12.0. The van der Waals surface area contributed by atoms with Crippen molar-refractivity contribution in [1.29, 1.82) is 0 Å². The van der Waals surface area contributed by atoms with Gasteiger partial charge in [0.2, 0.25) is 5.91 Å². The molecule has 0 radical (unpaired) electrons. The van der Waals surface area contributed by atoms with Crippen molar-refractivity contribution in [3.8, 4) is 5.75 Å². The molecule has 0 aromatic heterocycles. The van der Waals surface area contributed by atoms with E-state index in [9.17, 15) is 4.79 Å². The van der Waals surface area contributed by atoms with Crippen LogP contribution in [0.25, 0.3) is 0 Å². The van der Waals surface area contributed by atoms with Crippen LogP contribution in [0.15, 0.2) is 48.5 Å². The topological polar surface area (TPSA) is 51.2 Å². The van der Waals surface area contributed by atoms with Gasteiger partial charge in [0, 0.05) is 52.9 Å². The summed E-state index contributed by atoms with van der Waals surface area (Å²) in [5, 5.41) is 0. The van der Waals surface area contributed by atoms with Crippen LogP contribution in [0.5, 0.6) is 5.75 Å². The zero-order valence-electron chi connectivity index (χ0n) is 19.8. The normalized spacial score (nSPS) is 18.6. The molecule has 2 atom stereocenters. The van der Waals surface area contributed by atoms with Crippen LogP contribution in [0.3, 0.4) is 0 Å². The molecule has 1 saturated heterocycles. The Morgan fingerprint density at radius 3 is 2.53 bits per heavy atom. The largest absolute Gasteiger partial charge is 0.497 e. The van der Waals surface area contributed by atoms with E-state index in [0.29, 0.717) is 31.5 Å². The maximum Gasteiger partial charge on any atom is 0.248 e. The Morgan fingerprint density at radius 2 is 1.84 bits per heavy atom. The smallest absolute Gasteiger partial charge is 0.248 e. The summed E-state index contributed by atoms with van der Waals surface area (Å²) in [6, 6.07) is 17.1. The third-order valence-electron chi connectivity index (χ3n) is 6.20. The lowest BCUT2D eigenvalue weighted by Gasteiger charge is -2.28. The van der Waals surface area contributed by atoms with Crippen molar-refractivity contribution in [3.05, 3.63) is 65.2 Å². The van der Waals surface area contributed by atoms with Gasteiger partial charge in [-0.2, -0.15) is 0 Å². The molecule has 2 aromatic rings. The molecule has 1 aliphatic rings. The van der Waals surface area contributed by atoms with Crippen LogP contribution in [-0.4, -0.2) is 76.4 Å². The molecular weight excluding hydrogens is 404 g/mol. The van der Waals surface area contributed by atoms with E-state index in [4.69, 9.17) is 14.2 Å². The van der Waals surface area contributed by atoms with Crippen LogP contribution in [0.1, 0.15) is 22.6 Å². The first kappa shape index (κ1) is 24.2. The second-order valence-corrected chi connectivity index (χ2v) is 8.59. The highest BCUT2D eigenvalue weighted by molar-refractivity contribution is 5.77. The summed E-state index contributed by atoms with van der Waals surface area (Å²) in [7, 11) is 4.93. The van der Waals surface area contributed by atoms with Crippen LogP contribution >= 0.6 is 0 Å². The van der Waals surface area contributed by atoms with Crippen molar-refractivity contribution in [2.45, 2.75) is 19.4 Å². The van der Waals surface area contributed by atoms with Crippen LogP contribution in [0, 0.1) is 12.8 Å². The Kier molecular flexibility index (Phi) is 9.09. The molecule has 32 heavy (non-hydrogen) atoms. The van der Waals surface area contributed by atoms with E-state index in [2.05, 4.69) is 48.2 Å². The molecule has 174 valence electrons. The summed E-state index contributed by atoms with van der Waals surface area (Å²) in [6.45, 7) is 6.75. The molecule has 1 heterocycles. The SMILES string of the molecule is COCCN(CC1CN(Cc2cccc(OC)c2)CC1c1ccc(C)cc1)C(=O)COC. The first-order valence-electron chi connectivity index (χ1n) is 11.2. The molecule has 1 aliphatic heterocycles. The third-order valence-corrected chi connectivity index (χ3v) is 6.20. The number of amides is 1. The molecule has 2 unspecified atom stereocenters. The Hall–Kier alpha value is -2.41. The fourth-order valence-corrected chi connectivity index (χ4v) is 4.51. The molecule has 1 fully saturated rings. The van der Waals surface area contributed by atoms with Gasteiger partial charge in [-0.3, -0.25) is 9.69 Å². The first-order valence-corrected chi connectivity index (χ1v) is 11.2. The number of carbonyl (C=O) groups excluding carboxylic acids is 1. The number of ether oxygens (including phenoxy) is 3. The summed E-state index contributed by atoms with van der Waals surface area (Å²) in [5.41, 5.74) is 3.83. The second-order valence-electron chi connectivity index (χ2n) is 8.59. The van der Waals surface area contributed by atoms with Crippen LogP contribution < -0.4 is 4.74 Å². The minimum Gasteiger partial charge on any atom is -0.497 e. The lowest BCUT2D eigenvalue weighted by molar-refractivity contribution is -0.136. The molecule has 6 nitrogen and oxygen atoms in total. The Balaban J connectivity index is 1.79. The molecule has 0 spiro atoms. The van der Waals surface area contributed by atoms with Crippen molar-refractivity contribution in [1.82, 2.24) is 9.80 Å². The Labute approximate surface area is 192 Å². The standard InChI is InChI=1S/C26H36N2O4/c1-20-8-10-22(11-9-20)25-18-27(15-21-6-5-7-24(14-21)32-4)16-23(25)17-28(12-13-30-2)26(29)19-31-3/h5-11,14,23,25H,12-13,15-19H2,1-4H3. The lowest BCUT2D eigenvalue weighted by atomic mass is 9.88. The van der Waals surface area contributed by atoms with Gasteiger partial charge in [0.05, 0.1) is 13.7 Å². The van der Waals surface area contributed by atoms with Gasteiger partial charge in [0.15, 0.2) is 0 Å². The van der Waals surface area contributed by atoms with Gasteiger partial charge >= 0.3 is 0 Å². The molecule has 0 bridgehead atoms. The van der Waals surface area contributed by atoms with E-state index >= 15 is 0 Å². The number of aryl methyl sites for hydroxylation is 1. The van der Waals surface area contributed by atoms with Gasteiger partial charge in [-0.15, -0.1) is 0 Å². The quantitative estimate of drug-likeness (QED) is 0.536. The number of carbonyl (C=O) groups is 1. The summed E-state index contributed by atoms with van der Waals surface area (Å²) < 4.78 is 15.8. The average molecular weight is 441 g/mol. The third kappa shape index (κ3) is 6.55. The van der Waals surface area contributed by atoms with Gasteiger partial charge in [0.25, 0.3) is 0 Å². The zero-order valence-corrected chi connectivity index (χ0v) is 19.8. The van der Waals surface area contributed by atoms with E-state index in [1.165, 1.54) is 16.7 Å². The van der Waals surface area contributed by atoms with Crippen LogP contribution in [0.4, 0.5) is 0 Å². The van der Waals surface area contributed by atoms with E-state index < -0.39 is 0 Å². The molecule has 1 amide bonds. The van der Waals surface area contributed by atoms with Gasteiger partial charge in [-0.1, -0.05) is 42.0 Å². The molecular formula is C26H36N2O4. The van der Waals surface area contributed by atoms with E-state index in [-0.39, 0.29) is 12.5 Å². The van der Waals surface area contributed by atoms with Crippen molar-refractivity contribution < 1.29 is 19.0 Å². The Bertz CT molecular complexity index is 855. The van der Waals surface area contributed by atoms with Crippen molar-refractivity contribution >= 4 is 5.91 Å². The molecule has 3 rings (SSSR count).